The molecule has 0 amide bonds. The zero-order valence-corrected chi connectivity index (χ0v) is 15.5. The van der Waals surface area contributed by atoms with E-state index < -0.39 is 5.97 Å². The van der Waals surface area contributed by atoms with Crippen molar-refractivity contribution < 1.29 is 9.90 Å². The summed E-state index contributed by atoms with van der Waals surface area (Å²) in [7, 11) is 0. The highest BCUT2D eigenvalue weighted by Crippen LogP contribution is 2.37. The van der Waals surface area contributed by atoms with Gasteiger partial charge in [0.25, 0.3) is 0 Å². The molecule has 0 unspecified atom stereocenters. The molecule has 4 aromatic rings. The van der Waals surface area contributed by atoms with Crippen LogP contribution in [0.15, 0.2) is 60.2 Å². The summed E-state index contributed by atoms with van der Waals surface area (Å²) in [6.07, 6.45) is 2.55. The summed E-state index contributed by atoms with van der Waals surface area (Å²) in [6.45, 7) is 2.14. The Morgan fingerprint density at radius 2 is 1.81 bits per heavy atom. The molecule has 0 radical (unpaired) electrons. The predicted molar refractivity (Wildman–Crippen MR) is 109 cm³/mol. The number of aryl methyl sites for hydroxylation is 1. The van der Waals surface area contributed by atoms with Crippen LogP contribution in [0.25, 0.3) is 21.3 Å². The molecule has 2 aromatic heterocycles. The van der Waals surface area contributed by atoms with Crippen LogP contribution in [-0.2, 0) is 6.42 Å². The van der Waals surface area contributed by atoms with E-state index >= 15 is 0 Å². The van der Waals surface area contributed by atoms with Gasteiger partial charge in [-0.3, -0.25) is 0 Å². The number of hydrogen-bond donors (Lipinski definition) is 2. The number of rotatable bonds is 5. The molecular weight excluding hydrogens is 358 g/mol. The van der Waals surface area contributed by atoms with Crippen molar-refractivity contribution in [3.05, 3.63) is 71.4 Å². The molecule has 0 aliphatic heterocycles. The molecule has 2 aromatic carbocycles. The number of nitrogens with zero attached hydrogens (tertiary/aromatic N) is 2. The van der Waals surface area contributed by atoms with E-state index in [0.29, 0.717) is 5.82 Å². The molecule has 0 spiro atoms. The number of carbonyl (C=O) groups is 1. The molecule has 0 saturated carbocycles. The average molecular weight is 375 g/mol. The van der Waals surface area contributed by atoms with Crippen LogP contribution in [-0.4, -0.2) is 21.0 Å². The highest BCUT2D eigenvalue weighted by atomic mass is 32.1. The van der Waals surface area contributed by atoms with E-state index in [9.17, 15) is 4.79 Å². The second kappa shape index (κ2) is 7.17. The first-order valence-electron chi connectivity index (χ1n) is 8.57. The number of benzene rings is 2. The van der Waals surface area contributed by atoms with Crippen molar-refractivity contribution in [2.45, 2.75) is 13.3 Å². The lowest BCUT2D eigenvalue weighted by Crippen LogP contribution is -1.98. The molecule has 0 aliphatic rings. The SMILES string of the molecule is CCc1ccc(-c2csc3ncnc(Nc4ccc(C(=O)O)cc4)c23)cc1. The van der Waals surface area contributed by atoms with E-state index in [4.69, 9.17) is 5.11 Å². The molecule has 134 valence electrons. The van der Waals surface area contributed by atoms with Crippen LogP contribution in [0, 0.1) is 0 Å². The molecule has 5 nitrogen and oxygen atoms in total. The largest absolute Gasteiger partial charge is 0.478 e. The summed E-state index contributed by atoms with van der Waals surface area (Å²) in [5.74, 6) is -0.236. The van der Waals surface area contributed by atoms with Crippen LogP contribution in [0.2, 0.25) is 0 Å². The normalized spacial score (nSPS) is 10.9. The maximum absolute atomic E-state index is 11.0. The van der Waals surface area contributed by atoms with Gasteiger partial charge in [0.15, 0.2) is 0 Å². The Kier molecular flexibility index (Phi) is 4.56. The average Bonchev–Trinajstić information content (AvgIpc) is 3.14. The molecule has 27 heavy (non-hydrogen) atoms. The molecule has 0 atom stereocenters. The number of aromatic carboxylic acids is 1. The quantitative estimate of drug-likeness (QED) is 0.491. The molecule has 2 N–H and O–H groups in total. The van der Waals surface area contributed by atoms with Gasteiger partial charge in [-0.25, -0.2) is 14.8 Å². The number of anilines is 2. The van der Waals surface area contributed by atoms with Gasteiger partial charge in [0.2, 0.25) is 0 Å². The van der Waals surface area contributed by atoms with Crippen molar-refractivity contribution in [2.24, 2.45) is 0 Å². The maximum Gasteiger partial charge on any atom is 0.335 e. The molecule has 0 aliphatic carbocycles. The fraction of sp³-hybridized carbons (Fsp3) is 0.0952. The number of carboxylic acid groups (broad SMARTS) is 1. The van der Waals surface area contributed by atoms with Crippen molar-refractivity contribution in [3.8, 4) is 11.1 Å². The van der Waals surface area contributed by atoms with Crippen LogP contribution >= 0.6 is 11.3 Å². The summed E-state index contributed by atoms with van der Waals surface area (Å²) >= 11 is 1.58. The van der Waals surface area contributed by atoms with E-state index in [1.807, 2.05) is 0 Å². The van der Waals surface area contributed by atoms with Gasteiger partial charge in [0.1, 0.15) is 17.0 Å². The topological polar surface area (TPSA) is 75.1 Å². The van der Waals surface area contributed by atoms with Crippen molar-refractivity contribution in [3.63, 3.8) is 0 Å². The van der Waals surface area contributed by atoms with Gasteiger partial charge in [-0.05, 0) is 41.8 Å². The highest BCUT2D eigenvalue weighted by molar-refractivity contribution is 7.17. The van der Waals surface area contributed by atoms with E-state index in [-0.39, 0.29) is 5.56 Å². The van der Waals surface area contributed by atoms with Gasteiger partial charge in [0, 0.05) is 16.6 Å². The minimum atomic E-state index is -0.943. The maximum atomic E-state index is 11.0. The summed E-state index contributed by atoms with van der Waals surface area (Å²) in [5.41, 5.74) is 4.53. The third-order valence-electron chi connectivity index (χ3n) is 4.44. The van der Waals surface area contributed by atoms with Gasteiger partial charge in [-0.1, -0.05) is 31.2 Å². The van der Waals surface area contributed by atoms with Crippen LogP contribution < -0.4 is 5.32 Å². The summed E-state index contributed by atoms with van der Waals surface area (Å²) in [6, 6.07) is 15.1. The van der Waals surface area contributed by atoms with Gasteiger partial charge < -0.3 is 10.4 Å². The molecule has 6 heteroatoms. The molecule has 0 bridgehead atoms. The molecule has 4 rings (SSSR count). The third-order valence-corrected chi connectivity index (χ3v) is 5.32. The van der Waals surface area contributed by atoms with Crippen molar-refractivity contribution in [2.75, 3.05) is 5.32 Å². The molecule has 2 heterocycles. The second-order valence-corrected chi connectivity index (χ2v) is 6.97. The smallest absolute Gasteiger partial charge is 0.335 e. The minimum Gasteiger partial charge on any atom is -0.478 e. The number of fused-ring (bicyclic) bond motifs is 1. The first kappa shape index (κ1) is 17.2. The number of aromatic nitrogens is 2. The number of thiophene rings is 1. The zero-order valence-electron chi connectivity index (χ0n) is 14.6. The number of carboxylic acids is 1. The summed E-state index contributed by atoms with van der Waals surface area (Å²) < 4.78 is 0. The Morgan fingerprint density at radius 1 is 1.07 bits per heavy atom. The van der Waals surface area contributed by atoms with Crippen molar-refractivity contribution in [1.82, 2.24) is 9.97 Å². The Labute approximate surface area is 160 Å². The first-order chi connectivity index (χ1) is 13.2. The predicted octanol–water partition coefficient (Wildman–Crippen LogP) is 5.36. The van der Waals surface area contributed by atoms with Crippen molar-refractivity contribution >= 4 is 39.0 Å². The second-order valence-electron chi connectivity index (χ2n) is 6.11. The zero-order chi connectivity index (χ0) is 18.8. The van der Waals surface area contributed by atoms with Gasteiger partial charge >= 0.3 is 5.97 Å². The lowest BCUT2D eigenvalue weighted by Gasteiger charge is -2.09. The van der Waals surface area contributed by atoms with Crippen LogP contribution in [0.3, 0.4) is 0 Å². The Hall–Kier alpha value is -3.25. The molecular formula is C21H17N3O2S. The lowest BCUT2D eigenvalue weighted by molar-refractivity contribution is 0.0697. The van der Waals surface area contributed by atoms with E-state index in [0.717, 1.165) is 33.5 Å². The lowest BCUT2D eigenvalue weighted by atomic mass is 10.0. The third kappa shape index (κ3) is 3.39. The fourth-order valence-corrected chi connectivity index (χ4v) is 3.85. The number of hydrogen-bond acceptors (Lipinski definition) is 5. The fourth-order valence-electron chi connectivity index (χ4n) is 2.94. The molecule has 0 saturated heterocycles. The Morgan fingerprint density at radius 3 is 2.48 bits per heavy atom. The molecule has 0 fully saturated rings. The van der Waals surface area contributed by atoms with E-state index in [2.05, 4.69) is 51.9 Å². The van der Waals surface area contributed by atoms with Crippen LogP contribution in [0.5, 0.6) is 0 Å². The van der Waals surface area contributed by atoms with Crippen molar-refractivity contribution in [1.29, 1.82) is 0 Å². The van der Waals surface area contributed by atoms with Gasteiger partial charge in [-0.15, -0.1) is 11.3 Å². The van der Waals surface area contributed by atoms with E-state index in [1.54, 1.807) is 35.6 Å². The van der Waals surface area contributed by atoms with Gasteiger partial charge in [-0.2, -0.15) is 0 Å². The Bertz CT molecular complexity index is 1100. The van der Waals surface area contributed by atoms with Crippen LogP contribution in [0.4, 0.5) is 11.5 Å². The Balaban J connectivity index is 1.74. The standard InChI is InChI=1S/C21H17N3O2S/c1-2-13-3-5-14(6-4-13)17-11-27-20-18(17)19(22-12-23-20)24-16-9-7-15(8-10-16)21(25)26/h3-12H,2H2,1H3,(H,25,26)(H,22,23,24). The minimum absolute atomic E-state index is 0.251. The number of nitrogens with one attached hydrogen (secondary N) is 1. The first-order valence-corrected chi connectivity index (χ1v) is 9.45. The van der Waals surface area contributed by atoms with E-state index in [1.165, 1.54) is 11.9 Å². The highest BCUT2D eigenvalue weighted by Gasteiger charge is 2.13. The van der Waals surface area contributed by atoms with Gasteiger partial charge in [0.05, 0.1) is 10.9 Å². The summed E-state index contributed by atoms with van der Waals surface area (Å²) in [5, 5.41) is 15.4. The monoisotopic (exact) mass is 375 g/mol. The van der Waals surface area contributed by atoms with Crippen LogP contribution in [0.1, 0.15) is 22.8 Å². The summed E-state index contributed by atoms with van der Waals surface area (Å²) in [4.78, 5) is 20.7.